The normalized spacial score (nSPS) is 21.8. The van der Waals surface area contributed by atoms with Gasteiger partial charge in [0.15, 0.2) is 0 Å². The van der Waals surface area contributed by atoms with Gasteiger partial charge in [0.25, 0.3) is 0 Å². The lowest BCUT2D eigenvalue weighted by Crippen LogP contribution is -2.47. The number of aliphatic hydroxyl groups excluding tert-OH is 1. The molecule has 2 saturated heterocycles. The molecule has 0 radical (unpaired) electrons. The van der Waals surface area contributed by atoms with Gasteiger partial charge in [-0.2, -0.15) is 0 Å². The highest BCUT2D eigenvalue weighted by molar-refractivity contribution is 4.74. The second-order valence-corrected chi connectivity index (χ2v) is 4.66. The maximum absolute atomic E-state index is 9.40. The summed E-state index contributed by atoms with van der Waals surface area (Å²) in [5, 5.41) is 12.8. The number of nitrogens with one attached hydrogen (secondary N) is 1. The van der Waals surface area contributed by atoms with Gasteiger partial charge >= 0.3 is 0 Å². The highest BCUT2D eigenvalue weighted by Crippen LogP contribution is 2.09. The van der Waals surface area contributed by atoms with E-state index in [0.717, 1.165) is 39.0 Å². The van der Waals surface area contributed by atoms with Crippen molar-refractivity contribution in [2.45, 2.75) is 32.8 Å². The third-order valence-corrected chi connectivity index (χ3v) is 3.50. The number of aliphatic hydroxyl groups is 1. The Morgan fingerprint density at radius 2 is 1.37 bits per heavy atom. The molecule has 2 aliphatic rings. The highest BCUT2D eigenvalue weighted by Gasteiger charge is 2.17. The average molecular weight is 271 g/mol. The zero-order valence-electron chi connectivity index (χ0n) is 12.9. The van der Waals surface area contributed by atoms with Gasteiger partial charge in [0.1, 0.15) is 0 Å². The minimum atomic E-state index is -0.0413. The first-order valence-electron chi connectivity index (χ1n) is 7.68. The number of likely N-dealkylation sites (tertiary alicyclic amines) is 1. The lowest BCUT2D eigenvalue weighted by molar-refractivity contribution is 0.0757. The monoisotopic (exact) mass is 271 g/mol. The van der Waals surface area contributed by atoms with Crippen molar-refractivity contribution < 1.29 is 5.11 Å². The maximum Gasteiger partial charge on any atom is 0.0564 e. The molecule has 0 aliphatic carbocycles. The number of nitrogens with zero attached hydrogens (tertiary/aromatic N) is 2. The lowest BCUT2D eigenvalue weighted by Gasteiger charge is -2.33. The van der Waals surface area contributed by atoms with Crippen LogP contribution in [0.5, 0.6) is 0 Å². The molecular weight excluding hydrogens is 238 g/mol. The van der Waals surface area contributed by atoms with Crippen molar-refractivity contribution in [2.75, 3.05) is 52.4 Å². The van der Waals surface area contributed by atoms with Gasteiger partial charge in [0.2, 0.25) is 0 Å². The van der Waals surface area contributed by atoms with Gasteiger partial charge in [-0.3, -0.25) is 4.90 Å². The van der Waals surface area contributed by atoms with Crippen molar-refractivity contribution in [3.05, 3.63) is 13.2 Å². The number of rotatable bonds is 3. The van der Waals surface area contributed by atoms with Gasteiger partial charge in [-0.15, -0.1) is 13.2 Å². The predicted molar refractivity (Wildman–Crippen MR) is 83.6 cm³/mol. The largest absolute Gasteiger partial charge is 0.393 e. The Morgan fingerprint density at radius 1 is 0.947 bits per heavy atom. The van der Waals surface area contributed by atoms with Crippen LogP contribution in [0, 0.1) is 0 Å². The Hall–Kier alpha value is -0.420. The first kappa shape index (κ1) is 18.6. The fourth-order valence-corrected chi connectivity index (χ4v) is 2.36. The number of hydrogen-bond acceptors (Lipinski definition) is 4. The lowest BCUT2D eigenvalue weighted by atomic mass is 10.1. The molecule has 0 aromatic carbocycles. The van der Waals surface area contributed by atoms with E-state index in [4.69, 9.17) is 0 Å². The van der Waals surface area contributed by atoms with Crippen LogP contribution in [0.4, 0.5) is 0 Å². The molecule has 2 fully saturated rings. The van der Waals surface area contributed by atoms with Gasteiger partial charge in [0.05, 0.1) is 6.10 Å². The van der Waals surface area contributed by atoms with Gasteiger partial charge in [0, 0.05) is 52.4 Å². The van der Waals surface area contributed by atoms with E-state index in [2.05, 4.69) is 28.3 Å². The average Bonchev–Trinajstić information content (AvgIpc) is 2.52. The SMILES string of the molecule is C=C.CC.OC1CCN(CCN2CCNCC2)CC1. The molecule has 2 aliphatic heterocycles. The summed E-state index contributed by atoms with van der Waals surface area (Å²) in [6, 6.07) is 0. The summed E-state index contributed by atoms with van der Waals surface area (Å²) in [5.74, 6) is 0. The molecule has 4 nitrogen and oxygen atoms in total. The Morgan fingerprint density at radius 3 is 1.84 bits per heavy atom. The molecule has 0 amide bonds. The quantitative estimate of drug-likeness (QED) is 0.756. The zero-order chi connectivity index (χ0) is 14.5. The van der Waals surface area contributed by atoms with Crippen molar-refractivity contribution in [3.63, 3.8) is 0 Å². The van der Waals surface area contributed by atoms with E-state index in [1.807, 2.05) is 13.8 Å². The first-order valence-corrected chi connectivity index (χ1v) is 7.68. The Kier molecular flexibility index (Phi) is 12.3. The summed E-state index contributed by atoms with van der Waals surface area (Å²) in [6.07, 6.45) is 1.88. The van der Waals surface area contributed by atoms with Crippen molar-refractivity contribution in [1.29, 1.82) is 0 Å². The van der Waals surface area contributed by atoms with Crippen LogP contribution >= 0.6 is 0 Å². The van der Waals surface area contributed by atoms with Crippen molar-refractivity contribution in [2.24, 2.45) is 0 Å². The molecule has 0 spiro atoms. The summed E-state index contributed by atoms with van der Waals surface area (Å²) < 4.78 is 0. The molecule has 2 rings (SSSR count). The fourth-order valence-electron chi connectivity index (χ4n) is 2.36. The van der Waals surface area contributed by atoms with Crippen molar-refractivity contribution in [1.82, 2.24) is 15.1 Å². The first-order chi connectivity index (χ1) is 9.34. The maximum atomic E-state index is 9.40. The summed E-state index contributed by atoms with van der Waals surface area (Å²) in [5.41, 5.74) is 0. The molecule has 2 N–H and O–H groups in total. The summed E-state index contributed by atoms with van der Waals surface area (Å²) in [6.45, 7) is 19.2. The Bertz CT molecular complexity index is 188. The van der Waals surface area contributed by atoms with Crippen LogP contribution in [-0.2, 0) is 0 Å². The molecular formula is C15H33N3O. The Balaban J connectivity index is 0.000000741. The third kappa shape index (κ3) is 8.37. The number of piperazine rings is 1. The highest BCUT2D eigenvalue weighted by atomic mass is 16.3. The van der Waals surface area contributed by atoms with Crippen LogP contribution in [0.1, 0.15) is 26.7 Å². The second kappa shape index (κ2) is 12.6. The molecule has 0 saturated carbocycles. The standard InChI is InChI=1S/C11H23N3O.C2H6.C2H4/c15-11-1-5-13(6-2-11)9-10-14-7-3-12-4-8-14;2*1-2/h11-12,15H,1-10H2;1-2H3;1-2H2. The van der Waals surface area contributed by atoms with Crippen LogP contribution in [0.3, 0.4) is 0 Å². The van der Waals surface area contributed by atoms with E-state index in [0.29, 0.717) is 0 Å². The molecule has 0 atom stereocenters. The number of hydrogen-bond donors (Lipinski definition) is 2. The van der Waals surface area contributed by atoms with Gasteiger partial charge in [-0.1, -0.05) is 13.8 Å². The van der Waals surface area contributed by atoms with Crippen LogP contribution in [0.25, 0.3) is 0 Å². The molecule has 4 heteroatoms. The van der Waals surface area contributed by atoms with E-state index < -0.39 is 0 Å². The molecule has 0 aromatic heterocycles. The molecule has 0 bridgehead atoms. The van der Waals surface area contributed by atoms with E-state index in [1.54, 1.807) is 0 Å². The van der Waals surface area contributed by atoms with Gasteiger partial charge in [-0.05, 0) is 12.8 Å². The second-order valence-electron chi connectivity index (χ2n) is 4.66. The van der Waals surface area contributed by atoms with Crippen LogP contribution in [-0.4, -0.2) is 73.4 Å². The van der Waals surface area contributed by atoms with Crippen LogP contribution in [0.2, 0.25) is 0 Å². The smallest absolute Gasteiger partial charge is 0.0564 e. The Labute approximate surface area is 119 Å². The zero-order valence-corrected chi connectivity index (χ0v) is 12.9. The number of piperidine rings is 1. The van der Waals surface area contributed by atoms with E-state index in [9.17, 15) is 5.11 Å². The van der Waals surface area contributed by atoms with Crippen LogP contribution in [0.15, 0.2) is 13.2 Å². The third-order valence-electron chi connectivity index (χ3n) is 3.50. The molecule has 19 heavy (non-hydrogen) atoms. The van der Waals surface area contributed by atoms with E-state index >= 15 is 0 Å². The minimum Gasteiger partial charge on any atom is -0.393 e. The summed E-state index contributed by atoms with van der Waals surface area (Å²) >= 11 is 0. The van der Waals surface area contributed by atoms with Gasteiger partial charge in [-0.25, -0.2) is 0 Å². The molecule has 2 heterocycles. The predicted octanol–water partition coefficient (Wildman–Crippen LogP) is 1.18. The molecule has 0 aromatic rings. The topological polar surface area (TPSA) is 38.7 Å². The van der Waals surface area contributed by atoms with E-state index in [-0.39, 0.29) is 6.10 Å². The minimum absolute atomic E-state index is 0.0413. The fraction of sp³-hybridized carbons (Fsp3) is 0.867. The van der Waals surface area contributed by atoms with Gasteiger partial charge < -0.3 is 15.3 Å². The molecule has 0 unspecified atom stereocenters. The van der Waals surface area contributed by atoms with Crippen LogP contribution < -0.4 is 5.32 Å². The molecule has 114 valence electrons. The van der Waals surface area contributed by atoms with E-state index in [1.165, 1.54) is 26.2 Å². The summed E-state index contributed by atoms with van der Waals surface area (Å²) in [4.78, 5) is 5.01. The summed E-state index contributed by atoms with van der Waals surface area (Å²) in [7, 11) is 0. The van der Waals surface area contributed by atoms with Crippen molar-refractivity contribution >= 4 is 0 Å². The van der Waals surface area contributed by atoms with Crippen molar-refractivity contribution in [3.8, 4) is 0 Å².